The van der Waals surface area contributed by atoms with E-state index in [1.54, 1.807) is 7.05 Å². The van der Waals surface area contributed by atoms with Gasteiger partial charge in [0.15, 0.2) is 0 Å². The molecule has 1 saturated heterocycles. The number of likely N-dealkylation sites (tertiary alicyclic amines) is 1. The first-order chi connectivity index (χ1) is 11.1. The maximum atomic E-state index is 10.3. The Balaban J connectivity index is 0.000000381. The molecule has 0 spiro atoms. The maximum Gasteiger partial charge on any atom is 0.124 e. The molecule has 1 aromatic rings. The number of aldehydes is 1. The molecule has 5 nitrogen and oxygen atoms in total. The number of nitrogens with zero attached hydrogens (tertiary/aromatic N) is 3. The summed E-state index contributed by atoms with van der Waals surface area (Å²) < 4.78 is 0. The Labute approximate surface area is 139 Å². The predicted molar refractivity (Wildman–Crippen MR) is 95.2 cm³/mol. The Bertz CT molecular complexity index is 508. The van der Waals surface area contributed by atoms with Gasteiger partial charge in [-0.15, -0.1) is 0 Å². The highest BCUT2D eigenvalue weighted by Crippen LogP contribution is 2.18. The SMILES string of the molecule is CC.CN1CC(C=O)CC1C#N.CN=C(N)Cc1ccccc1. The quantitative estimate of drug-likeness (QED) is 0.527. The largest absolute Gasteiger partial charge is 0.387 e. The van der Waals surface area contributed by atoms with E-state index in [-0.39, 0.29) is 12.0 Å². The number of aliphatic imine (C=N–C) groups is 1. The smallest absolute Gasteiger partial charge is 0.124 e. The van der Waals surface area contributed by atoms with Gasteiger partial charge in [-0.25, -0.2) is 0 Å². The topological polar surface area (TPSA) is 82.5 Å². The molecule has 5 heteroatoms. The fraction of sp³-hybridized carbons (Fsp3) is 0.500. The van der Waals surface area contributed by atoms with Gasteiger partial charge in [0.2, 0.25) is 0 Å². The Morgan fingerprint density at radius 3 is 2.43 bits per heavy atom. The zero-order valence-electron chi connectivity index (χ0n) is 14.6. The summed E-state index contributed by atoms with van der Waals surface area (Å²) in [6, 6.07) is 12.2. The first-order valence-electron chi connectivity index (χ1n) is 7.90. The lowest BCUT2D eigenvalue weighted by Gasteiger charge is -2.09. The minimum Gasteiger partial charge on any atom is -0.387 e. The summed E-state index contributed by atoms with van der Waals surface area (Å²) in [4.78, 5) is 16.1. The molecule has 23 heavy (non-hydrogen) atoms. The molecule has 2 atom stereocenters. The molecule has 126 valence electrons. The second kappa shape index (κ2) is 12.4. The molecule has 1 fully saturated rings. The van der Waals surface area contributed by atoms with Crippen LogP contribution < -0.4 is 5.73 Å². The number of benzene rings is 1. The Kier molecular flexibility index (Phi) is 11.2. The summed E-state index contributed by atoms with van der Waals surface area (Å²) in [7, 11) is 3.58. The van der Waals surface area contributed by atoms with Crippen LogP contribution in [-0.2, 0) is 11.2 Å². The maximum absolute atomic E-state index is 10.3. The van der Waals surface area contributed by atoms with Gasteiger partial charge in [-0.1, -0.05) is 44.2 Å². The average molecular weight is 316 g/mol. The van der Waals surface area contributed by atoms with Crippen molar-refractivity contribution < 1.29 is 4.79 Å². The van der Waals surface area contributed by atoms with Crippen LogP contribution in [0.2, 0.25) is 0 Å². The van der Waals surface area contributed by atoms with E-state index in [0.29, 0.717) is 12.3 Å². The zero-order valence-corrected chi connectivity index (χ0v) is 14.6. The van der Waals surface area contributed by atoms with Crippen molar-refractivity contribution in [3.05, 3.63) is 35.9 Å². The van der Waals surface area contributed by atoms with Crippen LogP contribution in [0.1, 0.15) is 25.8 Å². The first kappa shape index (κ1) is 20.8. The zero-order chi connectivity index (χ0) is 17.7. The average Bonchev–Trinajstić information content (AvgIpc) is 2.98. The normalized spacial score (nSPS) is 20.4. The molecule has 0 aromatic heterocycles. The van der Waals surface area contributed by atoms with Gasteiger partial charge in [0, 0.05) is 25.9 Å². The fourth-order valence-electron chi connectivity index (χ4n) is 2.17. The third-order valence-electron chi connectivity index (χ3n) is 3.44. The van der Waals surface area contributed by atoms with Crippen LogP contribution in [0.5, 0.6) is 0 Å². The van der Waals surface area contributed by atoms with Crippen LogP contribution in [-0.4, -0.2) is 43.7 Å². The number of hydrogen-bond donors (Lipinski definition) is 1. The number of amidine groups is 1. The number of hydrogen-bond acceptors (Lipinski definition) is 4. The second-order valence-corrected chi connectivity index (χ2v) is 5.09. The summed E-state index contributed by atoms with van der Waals surface area (Å²) >= 11 is 0. The molecular formula is C18H28N4O. The molecular weight excluding hydrogens is 288 g/mol. The second-order valence-electron chi connectivity index (χ2n) is 5.09. The standard InChI is InChI=1S/C9H12N2.C7H10N2O.C2H6/c1-11-9(10)7-8-5-3-2-4-6-8;1-9-4-6(5-10)2-7(9)3-8;1-2/h2-6H,7H2,1H3,(H2,10,11);5-7H,2,4H2,1H3;1-2H3. The van der Waals surface area contributed by atoms with Crippen molar-refractivity contribution in [2.24, 2.45) is 16.6 Å². The number of rotatable bonds is 3. The van der Waals surface area contributed by atoms with Gasteiger partial charge in [-0.2, -0.15) is 5.26 Å². The van der Waals surface area contributed by atoms with Gasteiger partial charge in [-0.05, 0) is 19.0 Å². The van der Waals surface area contributed by atoms with Crippen molar-refractivity contribution in [2.75, 3.05) is 20.6 Å². The number of nitrogens with two attached hydrogens (primary N) is 1. The highest BCUT2D eigenvalue weighted by Gasteiger charge is 2.28. The molecule has 1 aliphatic heterocycles. The number of carbonyl (C=O) groups excluding carboxylic acids is 1. The van der Waals surface area contributed by atoms with E-state index in [1.165, 1.54) is 5.56 Å². The fourth-order valence-corrected chi connectivity index (χ4v) is 2.17. The van der Waals surface area contributed by atoms with Gasteiger partial charge in [0.05, 0.1) is 17.9 Å². The summed E-state index contributed by atoms with van der Waals surface area (Å²) in [5, 5.41) is 8.54. The lowest BCUT2D eigenvalue weighted by atomic mass is 10.1. The molecule has 0 amide bonds. The van der Waals surface area contributed by atoms with Crippen molar-refractivity contribution in [1.82, 2.24) is 4.90 Å². The van der Waals surface area contributed by atoms with Gasteiger partial charge < -0.3 is 10.5 Å². The third-order valence-corrected chi connectivity index (χ3v) is 3.44. The van der Waals surface area contributed by atoms with Gasteiger partial charge in [0.1, 0.15) is 6.29 Å². The Hall–Kier alpha value is -2.19. The van der Waals surface area contributed by atoms with Crippen LogP contribution in [0.4, 0.5) is 0 Å². The minimum atomic E-state index is -0.0461. The first-order valence-corrected chi connectivity index (χ1v) is 7.90. The molecule has 2 N–H and O–H groups in total. The van der Waals surface area contributed by atoms with E-state index in [9.17, 15) is 4.79 Å². The molecule has 0 radical (unpaired) electrons. The minimum absolute atomic E-state index is 0.0461. The highest BCUT2D eigenvalue weighted by molar-refractivity contribution is 5.82. The van der Waals surface area contributed by atoms with Crippen molar-refractivity contribution >= 4 is 12.1 Å². The molecule has 0 bridgehead atoms. The lowest BCUT2D eigenvalue weighted by molar-refractivity contribution is -0.110. The van der Waals surface area contributed by atoms with Crippen LogP contribution in [0.15, 0.2) is 35.3 Å². The van der Waals surface area contributed by atoms with Gasteiger partial charge in [-0.3, -0.25) is 9.89 Å². The van der Waals surface area contributed by atoms with Crippen molar-refractivity contribution in [1.29, 1.82) is 5.26 Å². The highest BCUT2D eigenvalue weighted by atomic mass is 16.1. The van der Waals surface area contributed by atoms with Crippen LogP contribution >= 0.6 is 0 Å². The van der Waals surface area contributed by atoms with Gasteiger partial charge in [0.25, 0.3) is 0 Å². The third kappa shape index (κ3) is 8.12. The van der Waals surface area contributed by atoms with E-state index in [2.05, 4.69) is 11.1 Å². The Morgan fingerprint density at radius 1 is 1.43 bits per heavy atom. The van der Waals surface area contributed by atoms with E-state index < -0.39 is 0 Å². The molecule has 1 heterocycles. The van der Waals surface area contributed by atoms with Crippen molar-refractivity contribution in [3.63, 3.8) is 0 Å². The summed E-state index contributed by atoms with van der Waals surface area (Å²) in [6.07, 6.45) is 2.39. The monoisotopic (exact) mass is 316 g/mol. The molecule has 1 aromatic carbocycles. The molecule has 0 aliphatic carbocycles. The number of nitriles is 1. The van der Waals surface area contributed by atoms with Crippen molar-refractivity contribution in [2.45, 2.75) is 32.7 Å². The molecule has 0 saturated carbocycles. The van der Waals surface area contributed by atoms with Crippen LogP contribution in [0, 0.1) is 17.2 Å². The van der Waals surface area contributed by atoms with E-state index in [1.807, 2.05) is 56.1 Å². The number of carbonyl (C=O) groups is 1. The van der Waals surface area contributed by atoms with Crippen molar-refractivity contribution in [3.8, 4) is 6.07 Å². The lowest BCUT2D eigenvalue weighted by Crippen LogP contribution is -2.23. The molecule has 2 unspecified atom stereocenters. The van der Waals surface area contributed by atoms with Crippen LogP contribution in [0.3, 0.4) is 0 Å². The van der Waals surface area contributed by atoms with Gasteiger partial charge >= 0.3 is 0 Å². The summed E-state index contributed by atoms with van der Waals surface area (Å²) in [5.74, 6) is 0.755. The summed E-state index contributed by atoms with van der Waals surface area (Å²) in [6.45, 7) is 4.74. The van der Waals surface area contributed by atoms with Crippen LogP contribution in [0.25, 0.3) is 0 Å². The predicted octanol–water partition coefficient (Wildman–Crippen LogP) is 2.27. The molecule has 1 aliphatic rings. The van der Waals surface area contributed by atoms with E-state index in [0.717, 1.165) is 19.3 Å². The summed E-state index contributed by atoms with van der Waals surface area (Å²) in [5.41, 5.74) is 6.76. The Morgan fingerprint density at radius 2 is 2.04 bits per heavy atom. The van der Waals surface area contributed by atoms with E-state index in [4.69, 9.17) is 11.0 Å². The molecule has 2 rings (SSSR count). The van der Waals surface area contributed by atoms with E-state index >= 15 is 0 Å².